The van der Waals surface area contributed by atoms with E-state index >= 15 is 0 Å². The van der Waals surface area contributed by atoms with E-state index in [0.29, 0.717) is 30.8 Å². The van der Waals surface area contributed by atoms with Crippen LogP contribution in [-0.2, 0) is 17.9 Å². The molecule has 4 aromatic rings. The van der Waals surface area contributed by atoms with Crippen molar-refractivity contribution in [1.29, 1.82) is 0 Å². The first-order chi connectivity index (χ1) is 19.9. The number of benzene rings is 4. The van der Waals surface area contributed by atoms with Gasteiger partial charge in [-0.1, -0.05) is 72.8 Å². The van der Waals surface area contributed by atoms with Crippen LogP contribution in [0, 0.1) is 6.92 Å². The molecule has 0 fully saturated rings. The molecular weight excluding hydrogens is 539 g/mol. The molecule has 8 heteroatoms. The predicted molar refractivity (Wildman–Crippen MR) is 165 cm³/mol. The number of rotatable bonds is 13. The van der Waals surface area contributed by atoms with E-state index in [2.05, 4.69) is 22.3 Å². The van der Waals surface area contributed by atoms with Crippen LogP contribution in [-0.4, -0.2) is 37.0 Å². The normalized spacial score (nSPS) is 11.2. The van der Waals surface area contributed by atoms with Gasteiger partial charge in [-0.05, 0) is 77.4 Å². The molecule has 0 radical (unpaired) electrons. The van der Waals surface area contributed by atoms with Gasteiger partial charge in [0.05, 0.1) is 24.8 Å². The van der Waals surface area contributed by atoms with E-state index in [-0.39, 0.29) is 18.9 Å². The summed E-state index contributed by atoms with van der Waals surface area (Å²) in [4.78, 5) is 27.5. The zero-order valence-corrected chi connectivity index (χ0v) is 25.4. The maximum atomic E-state index is 13.5. The molecule has 0 aliphatic rings. The number of methoxy groups -OCH3 is 1. The molecule has 6 nitrogen and oxygen atoms in total. The number of ether oxygens (including phenoxy) is 1. The third kappa shape index (κ3) is 8.45. The van der Waals surface area contributed by atoms with Crippen molar-refractivity contribution in [2.24, 2.45) is 0 Å². The molecule has 0 bridgehead atoms. The molecule has 0 spiro atoms. The summed E-state index contributed by atoms with van der Waals surface area (Å²) in [7, 11) is 1.67. The number of hydrogen-bond donors (Lipinski definition) is 1. The first-order valence-corrected chi connectivity index (χ1v) is 14.9. The number of aliphatic carboxylic acids is 1. The van der Waals surface area contributed by atoms with Gasteiger partial charge in [-0.25, -0.2) is 0 Å². The molecule has 0 aromatic heterocycles. The first kappa shape index (κ1) is 32.9. The zero-order valence-electron chi connectivity index (χ0n) is 24.6. The van der Waals surface area contributed by atoms with Gasteiger partial charge in [0.2, 0.25) is 0 Å². The van der Waals surface area contributed by atoms with Crippen LogP contribution in [0.3, 0.4) is 0 Å². The third-order valence-corrected chi connectivity index (χ3v) is 7.62. The molecule has 1 amide bonds. The number of hydrogen-bond acceptors (Lipinski definition) is 6. The van der Waals surface area contributed by atoms with Crippen LogP contribution in [0.25, 0.3) is 11.1 Å². The Morgan fingerprint density at radius 3 is 2.24 bits per heavy atom. The Balaban J connectivity index is 0.00000484. The third-order valence-electron chi connectivity index (χ3n) is 6.98. The number of para-hydroxylation sites is 2. The van der Waals surface area contributed by atoms with Gasteiger partial charge in [-0.2, -0.15) is 11.8 Å². The number of nitrogens with one attached hydrogen (secondary N) is 1. The monoisotopic (exact) mass is 574 g/mol. The molecule has 0 saturated heterocycles. The smallest absolute Gasteiger partial charge is 0.548 e. The largest absolute Gasteiger partial charge is 1.00 e. The van der Waals surface area contributed by atoms with E-state index in [1.165, 1.54) is 11.8 Å². The van der Waals surface area contributed by atoms with E-state index in [1.807, 2.05) is 92.0 Å². The van der Waals surface area contributed by atoms with E-state index in [1.54, 1.807) is 13.2 Å². The number of amides is 1. The molecule has 0 saturated carbocycles. The average Bonchev–Trinajstić information content (AvgIpc) is 2.99. The van der Waals surface area contributed by atoms with E-state index in [0.717, 1.165) is 39.3 Å². The number of carboxylic acid groups (broad SMARTS) is 1. The summed E-state index contributed by atoms with van der Waals surface area (Å²) in [5.41, 5.74) is 6.23. The minimum absolute atomic E-state index is 0. The predicted octanol–water partition coefficient (Wildman–Crippen LogP) is 2.48. The van der Waals surface area contributed by atoms with E-state index in [4.69, 9.17) is 4.74 Å². The fourth-order valence-corrected chi connectivity index (χ4v) is 5.32. The van der Waals surface area contributed by atoms with Gasteiger partial charge in [-0.15, -0.1) is 0 Å². The summed E-state index contributed by atoms with van der Waals surface area (Å²) in [6.07, 6.45) is 2.19. The molecule has 1 atom stereocenters. The quantitative estimate of drug-likeness (QED) is 0.247. The molecule has 0 aliphatic carbocycles. The topological polar surface area (TPSA) is 81.7 Å². The summed E-state index contributed by atoms with van der Waals surface area (Å²) in [5, 5.41) is 14.4. The molecule has 4 rings (SSSR count). The fraction of sp³-hybridized carbons (Fsp3) is 0.235. The number of thioether (sulfide) groups is 1. The Morgan fingerprint density at radius 1 is 0.881 bits per heavy atom. The maximum absolute atomic E-state index is 13.5. The molecule has 1 N–H and O–H groups in total. The van der Waals surface area contributed by atoms with Gasteiger partial charge in [0.15, 0.2) is 0 Å². The van der Waals surface area contributed by atoms with Crippen LogP contribution in [0.1, 0.15) is 33.5 Å². The fourth-order valence-electron chi connectivity index (χ4n) is 4.85. The number of nitrogens with zero attached hydrogens (tertiary/aromatic N) is 1. The second kappa shape index (κ2) is 16.1. The second-order valence-corrected chi connectivity index (χ2v) is 10.8. The van der Waals surface area contributed by atoms with Gasteiger partial charge < -0.3 is 24.9 Å². The molecular formula is C34H35LiN2O4S. The molecule has 42 heavy (non-hydrogen) atoms. The molecule has 212 valence electrons. The number of aryl methyl sites for hydroxylation is 1. The van der Waals surface area contributed by atoms with Crippen molar-refractivity contribution in [2.75, 3.05) is 24.0 Å². The van der Waals surface area contributed by atoms with Gasteiger partial charge in [-0.3, -0.25) is 4.79 Å². The Labute approximate surface area is 264 Å². The molecule has 4 aromatic carbocycles. The van der Waals surface area contributed by atoms with Gasteiger partial charge >= 0.3 is 18.9 Å². The summed E-state index contributed by atoms with van der Waals surface area (Å²) in [6, 6.07) is 30.7. The standard InChI is InChI=1S/C34H36N2O4S.Li/c1-24-11-7-8-14-27(24)29-21-26(17-18-28(29)33(37)35-30(34(38)39)19-20-41-3)23-36(22-25-12-5-4-6-13-25)31-15-9-10-16-32(31)40-2;/h4-18,21,30H,19-20,22-23H2,1-3H3,(H,35,37)(H,38,39);/q;+1/p-1/t30-;/m0./s1. The van der Waals surface area contributed by atoms with Crippen LogP contribution in [0.2, 0.25) is 0 Å². The van der Waals surface area contributed by atoms with Gasteiger partial charge in [0.25, 0.3) is 5.91 Å². The Hall–Kier alpha value is -3.63. The van der Waals surface area contributed by atoms with Crippen molar-refractivity contribution in [1.82, 2.24) is 5.32 Å². The van der Waals surface area contributed by atoms with Crippen molar-refractivity contribution in [3.05, 3.63) is 119 Å². The van der Waals surface area contributed by atoms with Crippen molar-refractivity contribution in [2.45, 2.75) is 32.5 Å². The number of anilines is 1. The second-order valence-electron chi connectivity index (χ2n) is 9.83. The summed E-state index contributed by atoms with van der Waals surface area (Å²) < 4.78 is 5.70. The minimum Gasteiger partial charge on any atom is -0.548 e. The van der Waals surface area contributed by atoms with Crippen LogP contribution in [0.4, 0.5) is 5.69 Å². The Bertz CT molecular complexity index is 1480. The van der Waals surface area contributed by atoms with E-state index in [9.17, 15) is 14.7 Å². The zero-order chi connectivity index (χ0) is 29.2. The number of carbonyl (C=O) groups excluding carboxylic acids is 2. The Kier molecular flexibility index (Phi) is 12.6. The molecule has 0 aliphatic heterocycles. The Morgan fingerprint density at radius 2 is 1.55 bits per heavy atom. The molecule has 0 unspecified atom stereocenters. The first-order valence-electron chi connectivity index (χ1n) is 13.5. The van der Waals surface area contributed by atoms with Crippen molar-refractivity contribution in [3.8, 4) is 16.9 Å². The maximum Gasteiger partial charge on any atom is 1.00 e. The van der Waals surface area contributed by atoms with Crippen LogP contribution in [0.5, 0.6) is 5.75 Å². The van der Waals surface area contributed by atoms with Crippen molar-refractivity contribution >= 4 is 29.3 Å². The summed E-state index contributed by atoms with van der Waals surface area (Å²) in [6.45, 7) is 3.22. The van der Waals surface area contributed by atoms with Gasteiger partial charge in [0, 0.05) is 18.7 Å². The van der Waals surface area contributed by atoms with Crippen LogP contribution in [0.15, 0.2) is 97.1 Å². The number of carbonyl (C=O) groups is 2. The SMILES string of the molecule is COc1ccccc1N(Cc1ccccc1)Cc1ccc(C(=O)N[C@@H](CCSC)C(=O)[O-])c(-c2ccccc2C)c1.[Li+]. The van der Waals surface area contributed by atoms with Crippen LogP contribution >= 0.6 is 11.8 Å². The van der Waals surface area contributed by atoms with Crippen molar-refractivity contribution < 1.29 is 38.3 Å². The van der Waals surface area contributed by atoms with E-state index < -0.39 is 17.9 Å². The van der Waals surface area contributed by atoms with Crippen molar-refractivity contribution in [3.63, 3.8) is 0 Å². The number of carboxylic acids is 1. The summed E-state index contributed by atoms with van der Waals surface area (Å²) in [5.74, 6) is -0.342. The molecule has 0 heterocycles. The minimum atomic E-state index is -1.28. The van der Waals surface area contributed by atoms with Crippen LogP contribution < -0.4 is 38.9 Å². The summed E-state index contributed by atoms with van der Waals surface area (Å²) >= 11 is 1.53. The van der Waals surface area contributed by atoms with Gasteiger partial charge in [0.1, 0.15) is 5.75 Å². The average molecular weight is 575 g/mol.